The van der Waals surface area contributed by atoms with Crippen LogP contribution in [0.3, 0.4) is 0 Å². The van der Waals surface area contributed by atoms with Crippen LogP contribution >= 0.6 is 15.9 Å². The van der Waals surface area contributed by atoms with E-state index in [9.17, 15) is 18.3 Å². The second kappa shape index (κ2) is 5.54. The molecule has 0 bridgehead atoms. The van der Waals surface area contributed by atoms with Crippen molar-refractivity contribution in [1.29, 1.82) is 0 Å². The van der Waals surface area contributed by atoms with E-state index in [1.165, 1.54) is 0 Å². The maximum absolute atomic E-state index is 12.9. The van der Waals surface area contributed by atoms with Crippen LogP contribution < -0.4 is 0 Å². The molecule has 1 aromatic heterocycles. The number of alkyl halides is 3. The lowest BCUT2D eigenvalue weighted by atomic mass is 9.98. The number of benzene rings is 1. The van der Waals surface area contributed by atoms with E-state index in [0.717, 1.165) is 28.5 Å². The highest BCUT2D eigenvalue weighted by atomic mass is 79.9. The summed E-state index contributed by atoms with van der Waals surface area (Å²) >= 11 is 3.30. The number of nitrogens with zero attached hydrogens (tertiary/aromatic N) is 1. The molecule has 0 amide bonds. The summed E-state index contributed by atoms with van der Waals surface area (Å²) in [6.07, 6.45) is -3.80. The minimum atomic E-state index is -4.53. The lowest BCUT2D eigenvalue weighted by Gasteiger charge is -2.17. The number of halogens is 4. The largest absolute Gasteiger partial charge is 0.416 e. The number of aliphatic hydroxyl groups is 1. The van der Waals surface area contributed by atoms with Gasteiger partial charge in [0.1, 0.15) is 6.10 Å². The van der Waals surface area contributed by atoms with Crippen molar-refractivity contribution in [3.63, 3.8) is 0 Å². The van der Waals surface area contributed by atoms with Gasteiger partial charge in [0.15, 0.2) is 0 Å². The molecule has 2 aromatic rings. The Hall–Kier alpha value is -1.40. The average molecular weight is 346 g/mol. The first kappa shape index (κ1) is 15.0. The zero-order valence-electron chi connectivity index (χ0n) is 10.4. The van der Waals surface area contributed by atoms with Crippen LogP contribution in [0.15, 0.2) is 41.1 Å². The Morgan fingerprint density at radius 1 is 1.25 bits per heavy atom. The van der Waals surface area contributed by atoms with Crippen LogP contribution in [0.4, 0.5) is 13.2 Å². The number of hydrogen-bond acceptors (Lipinski definition) is 2. The maximum atomic E-state index is 12.9. The van der Waals surface area contributed by atoms with Crippen LogP contribution in [0.2, 0.25) is 0 Å². The van der Waals surface area contributed by atoms with Crippen molar-refractivity contribution in [2.45, 2.75) is 19.2 Å². The smallest absolute Gasteiger partial charge is 0.384 e. The molecule has 2 rings (SSSR count). The van der Waals surface area contributed by atoms with Crippen LogP contribution in [-0.4, -0.2) is 10.1 Å². The van der Waals surface area contributed by atoms with Crippen LogP contribution in [0.25, 0.3) is 0 Å². The van der Waals surface area contributed by atoms with Gasteiger partial charge in [-0.15, -0.1) is 0 Å². The molecule has 0 radical (unpaired) electrons. The van der Waals surface area contributed by atoms with Gasteiger partial charge in [0.25, 0.3) is 0 Å². The molecule has 0 spiro atoms. The summed E-state index contributed by atoms with van der Waals surface area (Å²) in [4.78, 5) is 3.67. The van der Waals surface area contributed by atoms with Crippen LogP contribution in [-0.2, 0) is 6.18 Å². The summed E-state index contributed by atoms with van der Waals surface area (Å²) in [7, 11) is 0. The fourth-order valence-electron chi connectivity index (χ4n) is 1.84. The molecular formula is C14H11BrF3NO. The van der Waals surface area contributed by atoms with Crippen molar-refractivity contribution in [3.05, 3.63) is 63.4 Å². The van der Waals surface area contributed by atoms with Gasteiger partial charge in [-0.05, 0) is 30.2 Å². The van der Waals surface area contributed by atoms with Gasteiger partial charge in [-0.3, -0.25) is 4.98 Å². The van der Waals surface area contributed by atoms with Crippen LogP contribution in [0.1, 0.15) is 28.4 Å². The Balaban J connectivity index is 2.48. The van der Waals surface area contributed by atoms with E-state index in [1.807, 2.05) is 6.92 Å². The van der Waals surface area contributed by atoms with E-state index < -0.39 is 17.8 Å². The molecule has 0 aliphatic heterocycles. The predicted molar refractivity (Wildman–Crippen MR) is 72.2 cm³/mol. The third kappa shape index (κ3) is 3.02. The summed E-state index contributed by atoms with van der Waals surface area (Å²) in [5.74, 6) is 0. The van der Waals surface area contributed by atoms with Gasteiger partial charge >= 0.3 is 6.18 Å². The number of aliphatic hydroxyl groups excluding tert-OH is 1. The topological polar surface area (TPSA) is 33.1 Å². The van der Waals surface area contributed by atoms with Gasteiger partial charge in [-0.25, -0.2) is 0 Å². The summed E-state index contributed by atoms with van der Waals surface area (Å²) in [6, 6.07) is 5.79. The minimum Gasteiger partial charge on any atom is -0.384 e. The van der Waals surface area contributed by atoms with Gasteiger partial charge in [-0.1, -0.05) is 28.1 Å². The second-order valence-electron chi connectivity index (χ2n) is 4.37. The standard InChI is InChI=1S/C14H11BrF3NO/c1-8-2-3-9(6-12(8)15)13(20)10-7-19-5-4-11(10)14(16,17)18/h2-7,13,20H,1H3. The number of aromatic nitrogens is 1. The quantitative estimate of drug-likeness (QED) is 0.882. The van der Waals surface area contributed by atoms with Gasteiger partial charge in [0.05, 0.1) is 5.56 Å². The first-order valence-corrected chi connectivity index (χ1v) is 6.55. The highest BCUT2D eigenvalue weighted by molar-refractivity contribution is 9.10. The molecule has 1 unspecified atom stereocenters. The number of hydrogen-bond donors (Lipinski definition) is 1. The summed E-state index contributed by atoms with van der Waals surface area (Å²) in [6.45, 7) is 1.85. The zero-order valence-corrected chi connectivity index (χ0v) is 12.0. The van der Waals surface area contributed by atoms with E-state index in [2.05, 4.69) is 20.9 Å². The molecule has 6 heteroatoms. The van der Waals surface area contributed by atoms with Crippen molar-refractivity contribution in [2.24, 2.45) is 0 Å². The number of aryl methyl sites for hydroxylation is 1. The van der Waals surface area contributed by atoms with Crippen molar-refractivity contribution < 1.29 is 18.3 Å². The molecular weight excluding hydrogens is 335 g/mol. The van der Waals surface area contributed by atoms with E-state index in [1.54, 1.807) is 18.2 Å². The predicted octanol–water partition coefficient (Wildman–Crippen LogP) is 4.25. The summed E-state index contributed by atoms with van der Waals surface area (Å²) < 4.78 is 39.5. The molecule has 0 aliphatic carbocycles. The third-order valence-corrected chi connectivity index (χ3v) is 3.82. The molecule has 1 N–H and O–H groups in total. The molecule has 1 atom stereocenters. The third-order valence-electron chi connectivity index (χ3n) is 2.96. The molecule has 2 nitrogen and oxygen atoms in total. The normalized spacial score (nSPS) is 13.3. The molecule has 0 fully saturated rings. The van der Waals surface area contributed by atoms with E-state index in [4.69, 9.17) is 0 Å². The van der Waals surface area contributed by atoms with Crippen LogP contribution in [0.5, 0.6) is 0 Å². The average Bonchev–Trinajstić information content (AvgIpc) is 2.40. The van der Waals surface area contributed by atoms with E-state index in [-0.39, 0.29) is 5.56 Å². The Bertz CT molecular complexity index is 628. The van der Waals surface area contributed by atoms with Crippen molar-refractivity contribution in [3.8, 4) is 0 Å². The fraction of sp³-hybridized carbons (Fsp3) is 0.214. The van der Waals surface area contributed by atoms with Crippen molar-refractivity contribution in [1.82, 2.24) is 4.98 Å². The fourth-order valence-corrected chi connectivity index (χ4v) is 2.24. The van der Waals surface area contributed by atoms with E-state index in [0.29, 0.717) is 5.56 Å². The van der Waals surface area contributed by atoms with Gasteiger partial charge in [0.2, 0.25) is 0 Å². The second-order valence-corrected chi connectivity index (χ2v) is 5.23. The van der Waals surface area contributed by atoms with Crippen LogP contribution in [0, 0.1) is 6.92 Å². The molecule has 0 saturated heterocycles. The molecule has 0 saturated carbocycles. The van der Waals surface area contributed by atoms with Crippen molar-refractivity contribution in [2.75, 3.05) is 0 Å². The van der Waals surface area contributed by atoms with Gasteiger partial charge in [0, 0.05) is 22.4 Å². The monoisotopic (exact) mass is 345 g/mol. The van der Waals surface area contributed by atoms with Crippen molar-refractivity contribution >= 4 is 15.9 Å². The molecule has 1 aromatic carbocycles. The Morgan fingerprint density at radius 3 is 2.55 bits per heavy atom. The van der Waals surface area contributed by atoms with Gasteiger partial charge in [-0.2, -0.15) is 13.2 Å². The lowest BCUT2D eigenvalue weighted by molar-refractivity contribution is -0.139. The first-order chi connectivity index (χ1) is 9.30. The zero-order chi connectivity index (χ0) is 14.9. The molecule has 106 valence electrons. The molecule has 1 heterocycles. The Kier molecular flexibility index (Phi) is 4.15. The molecule has 20 heavy (non-hydrogen) atoms. The van der Waals surface area contributed by atoms with Gasteiger partial charge < -0.3 is 5.11 Å². The highest BCUT2D eigenvalue weighted by Crippen LogP contribution is 2.36. The lowest BCUT2D eigenvalue weighted by Crippen LogP contribution is -2.13. The Labute approximate surface area is 122 Å². The first-order valence-electron chi connectivity index (χ1n) is 5.76. The Morgan fingerprint density at radius 2 is 1.95 bits per heavy atom. The highest BCUT2D eigenvalue weighted by Gasteiger charge is 2.35. The molecule has 0 aliphatic rings. The minimum absolute atomic E-state index is 0.254. The number of pyridine rings is 1. The maximum Gasteiger partial charge on any atom is 0.416 e. The summed E-state index contributed by atoms with van der Waals surface area (Å²) in [5.41, 5.74) is 0.177. The van der Waals surface area contributed by atoms with E-state index >= 15 is 0 Å². The number of rotatable bonds is 2. The SMILES string of the molecule is Cc1ccc(C(O)c2cnccc2C(F)(F)F)cc1Br. The summed E-state index contributed by atoms with van der Waals surface area (Å²) in [5, 5.41) is 10.2.